The number of benzene rings is 8. The average Bonchev–Trinajstić information content (AvgIpc) is 3.79. The second kappa shape index (κ2) is 12.7. The summed E-state index contributed by atoms with van der Waals surface area (Å²) in [5, 5.41) is 7.37. The van der Waals surface area contributed by atoms with Crippen molar-refractivity contribution in [3.05, 3.63) is 181 Å². The zero-order valence-corrected chi connectivity index (χ0v) is 34.4. The van der Waals surface area contributed by atoms with Gasteiger partial charge in [0.1, 0.15) is 5.69 Å². The minimum atomic E-state index is 0.00665. The topological polar surface area (TPSA) is 35.6 Å². The Hall–Kier alpha value is -7.04. The molecular formula is C56H44N4. The van der Waals surface area contributed by atoms with Gasteiger partial charge in [0.2, 0.25) is 0 Å². The predicted molar refractivity (Wildman–Crippen MR) is 252 cm³/mol. The number of aromatic nitrogens is 4. The Morgan fingerprint density at radius 1 is 0.450 bits per heavy atom. The molecule has 0 saturated carbocycles. The van der Waals surface area contributed by atoms with Crippen LogP contribution >= 0.6 is 0 Å². The molecule has 288 valence electrons. The summed E-state index contributed by atoms with van der Waals surface area (Å²) in [6, 6.07) is 61.7. The first-order valence-corrected chi connectivity index (χ1v) is 21.2. The molecule has 0 radical (unpaired) electrons. The van der Waals surface area contributed by atoms with Gasteiger partial charge < -0.3 is 4.57 Å². The van der Waals surface area contributed by atoms with Gasteiger partial charge in [-0.1, -0.05) is 149 Å². The molecule has 1 aliphatic rings. The van der Waals surface area contributed by atoms with E-state index in [9.17, 15) is 0 Å². The zero-order valence-electron chi connectivity index (χ0n) is 34.4. The Labute approximate surface area is 349 Å². The third kappa shape index (κ3) is 5.10. The highest BCUT2D eigenvalue weighted by Gasteiger charge is 2.40. The van der Waals surface area contributed by atoms with Crippen LogP contribution in [0.5, 0.6) is 0 Å². The zero-order chi connectivity index (χ0) is 40.3. The number of para-hydroxylation sites is 3. The van der Waals surface area contributed by atoms with Crippen LogP contribution in [-0.4, -0.2) is 19.1 Å². The normalized spacial score (nSPS) is 14.8. The quantitative estimate of drug-likeness (QED) is 0.179. The Balaban J connectivity index is 1.26. The van der Waals surface area contributed by atoms with Crippen molar-refractivity contribution in [1.82, 2.24) is 19.1 Å². The summed E-state index contributed by atoms with van der Waals surface area (Å²) in [6.07, 6.45) is 2.31. The average molecular weight is 773 g/mol. The smallest absolute Gasteiger partial charge is 0.165 e. The lowest BCUT2D eigenvalue weighted by Gasteiger charge is -2.42. The van der Waals surface area contributed by atoms with Gasteiger partial charge in [0.25, 0.3) is 0 Å². The van der Waals surface area contributed by atoms with Crippen molar-refractivity contribution >= 4 is 65.4 Å². The fourth-order valence-electron chi connectivity index (χ4n) is 10.4. The molecule has 0 amide bonds. The summed E-state index contributed by atoms with van der Waals surface area (Å²) in [7, 11) is 0. The largest absolute Gasteiger partial charge is 0.309 e. The highest BCUT2D eigenvalue weighted by Crippen LogP contribution is 2.51. The number of hydrogen-bond acceptors (Lipinski definition) is 2. The molecule has 0 bridgehead atoms. The van der Waals surface area contributed by atoms with E-state index in [-0.39, 0.29) is 10.8 Å². The third-order valence-electron chi connectivity index (χ3n) is 13.5. The number of fused-ring (bicyclic) bond motifs is 11. The van der Waals surface area contributed by atoms with Crippen molar-refractivity contribution in [2.24, 2.45) is 0 Å². The van der Waals surface area contributed by atoms with Gasteiger partial charge in [-0.15, -0.1) is 0 Å². The molecule has 0 spiro atoms. The van der Waals surface area contributed by atoms with Crippen molar-refractivity contribution in [3.63, 3.8) is 0 Å². The van der Waals surface area contributed by atoms with Crippen molar-refractivity contribution < 1.29 is 0 Å². The Bertz CT molecular complexity index is 3530. The van der Waals surface area contributed by atoms with E-state index >= 15 is 0 Å². The van der Waals surface area contributed by atoms with Crippen LogP contribution in [-0.2, 0) is 10.8 Å². The van der Waals surface area contributed by atoms with E-state index in [4.69, 9.17) is 9.97 Å². The van der Waals surface area contributed by atoms with E-state index in [2.05, 4.69) is 201 Å². The lowest BCUT2D eigenvalue weighted by atomic mass is 9.62. The molecule has 12 rings (SSSR count). The summed E-state index contributed by atoms with van der Waals surface area (Å²) in [4.78, 5) is 11.0. The third-order valence-corrected chi connectivity index (χ3v) is 13.5. The summed E-state index contributed by atoms with van der Waals surface area (Å²) >= 11 is 0. The summed E-state index contributed by atoms with van der Waals surface area (Å²) in [5.41, 5.74) is 14.9. The lowest BCUT2D eigenvalue weighted by Crippen LogP contribution is -2.34. The standard InChI is InChI=1S/C56H44N4/c1-55(2)30-31-56(3,4)51-44(55)28-27-41-42-33-49-43(34-48(42)59(53(41)51)39-21-9-6-10-22-39)50-40-23-12-11-18-36(40)26-29-47(50)60(49)54-52(57-45-24-13-14-25-46(45)58-54)38-20-15-19-37(32-38)35-16-7-5-8-17-35/h5-29,32-34H,30-31H2,1-4H3. The molecule has 1 aliphatic carbocycles. The van der Waals surface area contributed by atoms with Crippen LogP contribution in [0.1, 0.15) is 51.7 Å². The first-order valence-electron chi connectivity index (χ1n) is 21.2. The first-order chi connectivity index (χ1) is 29.2. The highest BCUT2D eigenvalue weighted by atomic mass is 15.1. The van der Waals surface area contributed by atoms with Crippen LogP contribution in [0.4, 0.5) is 0 Å². The molecule has 0 fully saturated rings. The van der Waals surface area contributed by atoms with E-state index in [1.165, 1.54) is 72.1 Å². The molecule has 0 unspecified atom stereocenters. The summed E-state index contributed by atoms with van der Waals surface area (Å²) in [6.45, 7) is 9.75. The molecule has 3 heterocycles. The fraction of sp³-hybridized carbons (Fsp3) is 0.143. The second-order valence-corrected chi connectivity index (χ2v) is 18.1. The number of hydrogen-bond donors (Lipinski definition) is 0. The number of nitrogens with zero attached hydrogens (tertiary/aromatic N) is 4. The van der Waals surface area contributed by atoms with Crippen molar-refractivity contribution in [2.45, 2.75) is 51.4 Å². The van der Waals surface area contributed by atoms with Crippen molar-refractivity contribution in [1.29, 1.82) is 0 Å². The van der Waals surface area contributed by atoms with Gasteiger partial charge in [0.15, 0.2) is 5.82 Å². The minimum Gasteiger partial charge on any atom is -0.309 e. The van der Waals surface area contributed by atoms with E-state index in [0.717, 1.165) is 51.1 Å². The van der Waals surface area contributed by atoms with E-state index in [1.54, 1.807) is 0 Å². The maximum atomic E-state index is 5.56. The molecule has 8 aromatic carbocycles. The molecule has 3 aromatic heterocycles. The Morgan fingerprint density at radius 2 is 1.10 bits per heavy atom. The maximum absolute atomic E-state index is 5.56. The minimum absolute atomic E-state index is 0.00665. The second-order valence-electron chi connectivity index (χ2n) is 18.1. The molecule has 0 N–H and O–H groups in total. The van der Waals surface area contributed by atoms with E-state index < -0.39 is 0 Å². The predicted octanol–water partition coefficient (Wildman–Crippen LogP) is 14.7. The maximum Gasteiger partial charge on any atom is 0.165 e. The molecule has 0 saturated heterocycles. The van der Waals surface area contributed by atoms with Crippen LogP contribution in [0.3, 0.4) is 0 Å². The van der Waals surface area contributed by atoms with Crippen molar-refractivity contribution in [2.75, 3.05) is 0 Å². The van der Waals surface area contributed by atoms with Crippen LogP contribution in [0.15, 0.2) is 170 Å². The lowest BCUT2D eigenvalue weighted by molar-refractivity contribution is 0.334. The first kappa shape index (κ1) is 35.0. The summed E-state index contributed by atoms with van der Waals surface area (Å²) < 4.78 is 4.97. The molecular weight excluding hydrogens is 729 g/mol. The van der Waals surface area contributed by atoms with Gasteiger partial charge in [-0.25, -0.2) is 9.97 Å². The van der Waals surface area contributed by atoms with E-state index in [0.29, 0.717) is 0 Å². The molecule has 0 atom stereocenters. The Kier molecular flexibility index (Phi) is 7.41. The van der Waals surface area contributed by atoms with Gasteiger partial charge in [-0.2, -0.15) is 0 Å². The number of rotatable bonds is 4. The van der Waals surface area contributed by atoms with Crippen LogP contribution in [0.2, 0.25) is 0 Å². The molecule has 60 heavy (non-hydrogen) atoms. The van der Waals surface area contributed by atoms with Crippen molar-refractivity contribution in [3.8, 4) is 33.9 Å². The monoisotopic (exact) mass is 772 g/mol. The fourth-order valence-corrected chi connectivity index (χ4v) is 10.4. The van der Waals surface area contributed by atoms with Crippen LogP contribution in [0.25, 0.3) is 99.3 Å². The van der Waals surface area contributed by atoms with Gasteiger partial charge in [-0.05, 0) is 105 Å². The van der Waals surface area contributed by atoms with Crippen LogP contribution < -0.4 is 0 Å². The van der Waals surface area contributed by atoms with Gasteiger partial charge in [0, 0.05) is 32.8 Å². The van der Waals surface area contributed by atoms with Crippen LogP contribution in [0, 0.1) is 0 Å². The Morgan fingerprint density at radius 3 is 1.92 bits per heavy atom. The van der Waals surface area contributed by atoms with Gasteiger partial charge >= 0.3 is 0 Å². The van der Waals surface area contributed by atoms with Gasteiger partial charge in [0.05, 0.1) is 33.1 Å². The molecule has 4 nitrogen and oxygen atoms in total. The van der Waals surface area contributed by atoms with E-state index in [1.807, 2.05) is 6.07 Å². The molecule has 4 heteroatoms. The highest BCUT2D eigenvalue weighted by molar-refractivity contribution is 6.25. The van der Waals surface area contributed by atoms with Gasteiger partial charge in [-0.3, -0.25) is 4.57 Å². The SMILES string of the molecule is CC1(C)CCC(C)(C)c2c1ccc1c3cc4c(cc3n(-c3ccccc3)c21)c1c2ccccc2ccc1n4-c1nc2ccccc2nc1-c1cccc(-c2ccccc2)c1. The molecule has 0 aliphatic heterocycles. The molecule has 11 aromatic rings. The summed E-state index contributed by atoms with van der Waals surface area (Å²) in [5.74, 6) is 0.820.